The second-order valence-electron chi connectivity index (χ2n) is 4.90. The van der Waals surface area contributed by atoms with E-state index in [-0.39, 0.29) is 12.2 Å². The van der Waals surface area contributed by atoms with Crippen molar-refractivity contribution in [1.29, 1.82) is 0 Å². The predicted molar refractivity (Wildman–Crippen MR) is 84.7 cm³/mol. The lowest BCUT2D eigenvalue weighted by Gasteiger charge is -2.06. The number of H-pyrrole nitrogens is 1. The SMILES string of the molecule is CCOC(=O)c1c[nH]c2c(OCc3ccccc3)ccn2c1=O. The van der Waals surface area contributed by atoms with Crippen molar-refractivity contribution in [2.24, 2.45) is 0 Å². The monoisotopic (exact) mass is 312 g/mol. The minimum Gasteiger partial charge on any atom is -0.485 e. The molecule has 0 aliphatic rings. The molecule has 6 heteroatoms. The molecule has 0 aliphatic heterocycles. The summed E-state index contributed by atoms with van der Waals surface area (Å²) in [4.78, 5) is 27.0. The van der Waals surface area contributed by atoms with E-state index in [9.17, 15) is 9.59 Å². The number of hydrogen-bond acceptors (Lipinski definition) is 4. The van der Waals surface area contributed by atoms with E-state index in [0.717, 1.165) is 5.56 Å². The second kappa shape index (κ2) is 6.39. The van der Waals surface area contributed by atoms with Crippen LogP contribution in [0.1, 0.15) is 22.8 Å². The first-order chi connectivity index (χ1) is 11.2. The van der Waals surface area contributed by atoms with Gasteiger partial charge in [0.25, 0.3) is 5.56 Å². The number of nitrogens with one attached hydrogen (secondary N) is 1. The van der Waals surface area contributed by atoms with Crippen LogP contribution in [0.5, 0.6) is 5.75 Å². The third-order valence-corrected chi connectivity index (χ3v) is 3.38. The summed E-state index contributed by atoms with van der Waals surface area (Å²) in [7, 11) is 0. The van der Waals surface area contributed by atoms with Gasteiger partial charge in [0, 0.05) is 18.5 Å². The van der Waals surface area contributed by atoms with Gasteiger partial charge in [0.2, 0.25) is 0 Å². The van der Waals surface area contributed by atoms with Crippen LogP contribution in [0.3, 0.4) is 0 Å². The molecule has 0 saturated carbocycles. The van der Waals surface area contributed by atoms with E-state index in [2.05, 4.69) is 4.98 Å². The fraction of sp³-hybridized carbons (Fsp3) is 0.176. The van der Waals surface area contributed by atoms with Gasteiger partial charge in [-0.25, -0.2) is 4.79 Å². The molecule has 0 unspecified atom stereocenters. The van der Waals surface area contributed by atoms with Crippen LogP contribution in [0.2, 0.25) is 0 Å². The van der Waals surface area contributed by atoms with Crippen LogP contribution in [-0.4, -0.2) is 22.0 Å². The quantitative estimate of drug-likeness (QED) is 0.734. The third kappa shape index (κ3) is 2.96. The summed E-state index contributed by atoms with van der Waals surface area (Å²) in [5.41, 5.74) is 1.05. The van der Waals surface area contributed by atoms with E-state index in [4.69, 9.17) is 9.47 Å². The molecule has 0 amide bonds. The van der Waals surface area contributed by atoms with Gasteiger partial charge in [0.05, 0.1) is 6.61 Å². The Balaban J connectivity index is 1.88. The van der Waals surface area contributed by atoms with E-state index in [1.54, 1.807) is 19.2 Å². The van der Waals surface area contributed by atoms with Crippen molar-refractivity contribution in [1.82, 2.24) is 9.38 Å². The fourth-order valence-electron chi connectivity index (χ4n) is 2.26. The molecule has 0 bridgehead atoms. The lowest BCUT2D eigenvalue weighted by molar-refractivity contribution is 0.0523. The van der Waals surface area contributed by atoms with Crippen LogP contribution in [0.15, 0.2) is 53.6 Å². The first kappa shape index (κ1) is 14.9. The standard InChI is InChI=1S/C17H16N2O4/c1-2-22-17(21)13-10-18-15-14(8-9-19(15)16(13)20)23-11-12-6-4-3-5-7-12/h3-10,18H,2,11H2,1H3. The van der Waals surface area contributed by atoms with Crippen LogP contribution in [0, 0.1) is 0 Å². The Morgan fingerprint density at radius 3 is 2.74 bits per heavy atom. The van der Waals surface area contributed by atoms with Crippen molar-refractivity contribution in [2.45, 2.75) is 13.5 Å². The van der Waals surface area contributed by atoms with Crippen molar-refractivity contribution in [3.05, 3.63) is 70.3 Å². The summed E-state index contributed by atoms with van der Waals surface area (Å²) >= 11 is 0. The molecule has 1 aromatic carbocycles. The molecule has 3 aromatic rings. The van der Waals surface area contributed by atoms with Crippen LogP contribution < -0.4 is 10.3 Å². The number of benzene rings is 1. The number of hydrogen-bond donors (Lipinski definition) is 1. The molecular weight excluding hydrogens is 296 g/mol. The Morgan fingerprint density at radius 1 is 1.22 bits per heavy atom. The van der Waals surface area contributed by atoms with Crippen LogP contribution >= 0.6 is 0 Å². The van der Waals surface area contributed by atoms with E-state index < -0.39 is 11.5 Å². The molecule has 0 radical (unpaired) electrons. The van der Waals surface area contributed by atoms with Gasteiger partial charge in [0.1, 0.15) is 12.2 Å². The highest BCUT2D eigenvalue weighted by atomic mass is 16.5. The lowest BCUT2D eigenvalue weighted by Crippen LogP contribution is -2.23. The van der Waals surface area contributed by atoms with Crippen molar-refractivity contribution in [3.63, 3.8) is 0 Å². The van der Waals surface area contributed by atoms with E-state index in [1.165, 1.54) is 10.6 Å². The number of fused-ring (bicyclic) bond motifs is 1. The van der Waals surface area contributed by atoms with Crippen molar-refractivity contribution in [2.75, 3.05) is 6.61 Å². The van der Waals surface area contributed by atoms with Gasteiger partial charge in [-0.3, -0.25) is 9.20 Å². The smallest absolute Gasteiger partial charge is 0.345 e. The highest BCUT2D eigenvalue weighted by Crippen LogP contribution is 2.19. The molecule has 6 nitrogen and oxygen atoms in total. The Hall–Kier alpha value is -3.02. The summed E-state index contributed by atoms with van der Waals surface area (Å²) in [6.07, 6.45) is 2.92. The minimum absolute atomic E-state index is 0.0374. The largest absolute Gasteiger partial charge is 0.485 e. The maximum Gasteiger partial charge on any atom is 0.345 e. The predicted octanol–water partition coefficient (Wildman–Crippen LogP) is 2.38. The van der Waals surface area contributed by atoms with E-state index in [0.29, 0.717) is 18.0 Å². The normalized spacial score (nSPS) is 10.7. The molecule has 3 rings (SSSR count). The zero-order valence-corrected chi connectivity index (χ0v) is 12.6. The van der Waals surface area contributed by atoms with Gasteiger partial charge in [-0.05, 0) is 12.5 Å². The molecule has 118 valence electrons. The van der Waals surface area contributed by atoms with Gasteiger partial charge < -0.3 is 14.5 Å². The number of ether oxygens (including phenoxy) is 2. The Labute approximate surface area is 132 Å². The number of aromatic amines is 1. The zero-order chi connectivity index (χ0) is 16.2. The summed E-state index contributed by atoms with van der Waals surface area (Å²) in [6, 6.07) is 11.4. The Kier molecular flexibility index (Phi) is 4.14. The van der Waals surface area contributed by atoms with Gasteiger partial charge >= 0.3 is 5.97 Å². The number of carbonyl (C=O) groups excluding carboxylic acids is 1. The molecule has 0 spiro atoms. The number of nitrogens with zero attached hydrogens (tertiary/aromatic N) is 1. The summed E-state index contributed by atoms with van der Waals surface area (Å²) in [6.45, 7) is 2.30. The molecule has 2 aromatic heterocycles. The molecule has 0 fully saturated rings. The van der Waals surface area contributed by atoms with Gasteiger partial charge in [-0.15, -0.1) is 0 Å². The van der Waals surface area contributed by atoms with Crippen molar-refractivity contribution < 1.29 is 14.3 Å². The lowest BCUT2D eigenvalue weighted by atomic mass is 10.2. The molecule has 0 saturated heterocycles. The zero-order valence-electron chi connectivity index (χ0n) is 12.6. The summed E-state index contributed by atoms with van der Waals surface area (Å²) < 4.78 is 11.9. The fourth-order valence-corrected chi connectivity index (χ4v) is 2.26. The average Bonchev–Trinajstić information content (AvgIpc) is 2.98. The van der Waals surface area contributed by atoms with E-state index >= 15 is 0 Å². The second-order valence-corrected chi connectivity index (χ2v) is 4.90. The number of carbonyl (C=O) groups is 1. The van der Waals surface area contributed by atoms with Crippen LogP contribution in [-0.2, 0) is 11.3 Å². The first-order valence-electron chi connectivity index (χ1n) is 7.27. The maximum atomic E-state index is 12.3. The number of aromatic nitrogens is 2. The molecular formula is C17H16N2O4. The number of rotatable bonds is 5. The molecule has 0 atom stereocenters. The van der Waals surface area contributed by atoms with Gasteiger partial charge in [0.15, 0.2) is 11.4 Å². The first-order valence-corrected chi connectivity index (χ1v) is 7.27. The van der Waals surface area contributed by atoms with Crippen LogP contribution in [0.25, 0.3) is 5.65 Å². The summed E-state index contributed by atoms with van der Waals surface area (Å²) in [5.74, 6) is -0.0996. The molecule has 2 heterocycles. The topological polar surface area (TPSA) is 72.8 Å². The van der Waals surface area contributed by atoms with Crippen molar-refractivity contribution >= 4 is 11.6 Å². The molecule has 0 aliphatic carbocycles. The third-order valence-electron chi connectivity index (χ3n) is 3.38. The highest BCUT2D eigenvalue weighted by molar-refractivity contribution is 5.89. The Bertz CT molecular complexity index is 880. The van der Waals surface area contributed by atoms with Gasteiger partial charge in [-0.2, -0.15) is 0 Å². The van der Waals surface area contributed by atoms with Crippen molar-refractivity contribution in [3.8, 4) is 5.75 Å². The average molecular weight is 312 g/mol. The molecule has 1 N–H and O–H groups in total. The summed E-state index contributed by atoms with van der Waals surface area (Å²) in [5, 5.41) is 0. The Morgan fingerprint density at radius 2 is 2.00 bits per heavy atom. The molecule has 23 heavy (non-hydrogen) atoms. The minimum atomic E-state index is -0.642. The maximum absolute atomic E-state index is 12.3. The highest BCUT2D eigenvalue weighted by Gasteiger charge is 2.16. The van der Waals surface area contributed by atoms with Crippen LogP contribution in [0.4, 0.5) is 0 Å². The van der Waals surface area contributed by atoms with E-state index in [1.807, 2.05) is 30.3 Å². The van der Waals surface area contributed by atoms with Gasteiger partial charge in [-0.1, -0.05) is 30.3 Å². The number of esters is 1.